The molecule has 0 radical (unpaired) electrons. The van der Waals surface area contributed by atoms with Crippen LogP contribution in [0.15, 0.2) is 0 Å². The van der Waals surface area contributed by atoms with E-state index in [-0.39, 0.29) is 0 Å². The molecule has 1 aliphatic heterocycles. The zero-order valence-corrected chi connectivity index (χ0v) is 8.93. The fourth-order valence-electron chi connectivity index (χ4n) is 2.22. The summed E-state index contributed by atoms with van der Waals surface area (Å²) in [5, 5.41) is 0. The molecule has 0 N–H and O–H groups in total. The first kappa shape index (κ1) is 10.0. The van der Waals surface area contributed by atoms with E-state index in [2.05, 4.69) is 37.7 Å². The van der Waals surface area contributed by atoms with Crippen LogP contribution in [0.1, 0.15) is 20.3 Å². The van der Waals surface area contributed by atoms with E-state index in [1.165, 1.54) is 32.6 Å². The zero-order chi connectivity index (χ0) is 9.19. The SMILES string of the molecule is CCN(C)CC1(CC)CN(C)C1. The molecule has 72 valence electrons. The van der Waals surface area contributed by atoms with Crippen molar-refractivity contribution in [1.82, 2.24) is 9.80 Å². The van der Waals surface area contributed by atoms with Gasteiger partial charge >= 0.3 is 0 Å². The molecule has 1 heterocycles. The fourth-order valence-corrected chi connectivity index (χ4v) is 2.22. The summed E-state index contributed by atoms with van der Waals surface area (Å²) < 4.78 is 0. The molecule has 2 nitrogen and oxygen atoms in total. The lowest BCUT2D eigenvalue weighted by Crippen LogP contribution is -2.58. The van der Waals surface area contributed by atoms with Crippen LogP contribution in [0.4, 0.5) is 0 Å². The maximum Gasteiger partial charge on any atom is 0.00818 e. The predicted molar refractivity (Wildman–Crippen MR) is 53.4 cm³/mol. The molecule has 0 spiro atoms. The van der Waals surface area contributed by atoms with Gasteiger partial charge in [0.05, 0.1) is 0 Å². The Morgan fingerprint density at radius 1 is 1.33 bits per heavy atom. The van der Waals surface area contributed by atoms with Gasteiger partial charge in [-0.1, -0.05) is 13.8 Å². The Labute approximate surface area is 76.5 Å². The number of rotatable bonds is 4. The molecule has 0 bridgehead atoms. The van der Waals surface area contributed by atoms with Crippen LogP contribution in [0.25, 0.3) is 0 Å². The molecule has 0 aliphatic carbocycles. The van der Waals surface area contributed by atoms with Crippen molar-refractivity contribution in [3.8, 4) is 0 Å². The third-order valence-corrected chi connectivity index (χ3v) is 3.11. The quantitative estimate of drug-likeness (QED) is 0.627. The van der Waals surface area contributed by atoms with E-state index in [9.17, 15) is 0 Å². The topological polar surface area (TPSA) is 6.48 Å². The van der Waals surface area contributed by atoms with E-state index in [4.69, 9.17) is 0 Å². The molecule has 1 rings (SSSR count). The lowest BCUT2D eigenvalue weighted by Gasteiger charge is -2.50. The van der Waals surface area contributed by atoms with Gasteiger partial charge in [0.25, 0.3) is 0 Å². The van der Waals surface area contributed by atoms with E-state index in [1.54, 1.807) is 0 Å². The van der Waals surface area contributed by atoms with Crippen molar-refractivity contribution < 1.29 is 0 Å². The average Bonchev–Trinajstić information content (AvgIpc) is 2.01. The Hall–Kier alpha value is -0.0800. The highest BCUT2D eigenvalue weighted by atomic mass is 15.2. The molecule has 12 heavy (non-hydrogen) atoms. The normalized spacial score (nSPS) is 22.8. The average molecular weight is 170 g/mol. The first-order chi connectivity index (χ1) is 5.62. The predicted octanol–water partition coefficient (Wildman–Crippen LogP) is 1.28. The Balaban J connectivity index is 2.36. The smallest absolute Gasteiger partial charge is 0.00818 e. The maximum atomic E-state index is 2.43. The fraction of sp³-hybridized carbons (Fsp3) is 1.00. The summed E-state index contributed by atoms with van der Waals surface area (Å²) in [5.41, 5.74) is 0.611. The Bertz CT molecular complexity index is 139. The third-order valence-electron chi connectivity index (χ3n) is 3.11. The Morgan fingerprint density at radius 2 is 1.92 bits per heavy atom. The van der Waals surface area contributed by atoms with Crippen molar-refractivity contribution in [1.29, 1.82) is 0 Å². The monoisotopic (exact) mass is 170 g/mol. The molecule has 0 unspecified atom stereocenters. The van der Waals surface area contributed by atoms with E-state index in [0.717, 1.165) is 0 Å². The Morgan fingerprint density at radius 3 is 2.25 bits per heavy atom. The molecule has 1 fully saturated rings. The Kier molecular flexibility index (Phi) is 3.13. The van der Waals surface area contributed by atoms with Crippen LogP contribution in [-0.4, -0.2) is 50.1 Å². The van der Waals surface area contributed by atoms with Gasteiger partial charge in [0, 0.05) is 25.0 Å². The van der Waals surface area contributed by atoms with Gasteiger partial charge in [0.1, 0.15) is 0 Å². The van der Waals surface area contributed by atoms with Crippen LogP contribution >= 0.6 is 0 Å². The third kappa shape index (κ3) is 1.99. The summed E-state index contributed by atoms with van der Waals surface area (Å²) in [6.45, 7) is 9.56. The van der Waals surface area contributed by atoms with Crippen LogP contribution in [0.5, 0.6) is 0 Å². The minimum atomic E-state index is 0.611. The van der Waals surface area contributed by atoms with E-state index >= 15 is 0 Å². The molecule has 0 amide bonds. The molecule has 0 aromatic rings. The lowest BCUT2D eigenvalue weighted by atomic mass is 9.77. The lowest BCUT2D eigenvalue weighted by molar-refractivity contribution is -0.00567. The van der Waals surface area contributed by atoms with Gasteiger partial charge in [-0.2, -0.15) is 0 Å². The van der Waals surface area contributed by atoms with Crippen LogP contribution < -0.4 is 0 Å². The van der Waals surface area contributed by atoms with Gasteiger partial charge in [0.15, 0.2) is 0 Å². The number of likely N-dealkylation sites (tertiary alicyclic amines) is 1. The highest BCUT2D eigenvalue weighted by Gasteiger charge is 2.39. The van der Waals surface area contributed by atoms with Crippen LogP contribution in [0.3, 0.4) is 0 Å². The molecule has 0 saturated carbocycles. The molecular weight excluding hydrogens is 148 g/mol. The largest absolute Gasteiger partial charge is 0.306 e. The summed E-state index contributed by atoms with van der Waals surface area (Å²) in [5.74, 6) is 0. The van der Waals surface area contributed by atoms with Gasteiger partial charge in [-0.05, 0) is 27.1 Å². The summed E-state index contributed by atoms with van der Waals surface area (Å²) >= 11 is 0. The van der Waals surface area contributed by atoms with Crippen molar-refractivity contribution in [2.24, 2.45) is 5.41 Å². The van der Waals surface area contributed by atoms with Gasteiger partial charge in [0.2, 0.25) is 0 Å². The second-order valence-electron chi connectivity index (χ2n) is 4.36. The van der Waals surface area contributed by atoms with Crippen molar-refractivity contribution in [3.05, 3.63) is 0 Å². The van der Waals surface area contributed by atoms with E-state index in [0.29, 0.717) is 5.41 Å². The minimum absolute atomic E-state index is 0.611. The van der Waals surface area contributed by atoms with Gasteiger partial charge in [-0.3, -0.25) is 0 Å². The van der Waals surface area contributed by atoms with Crippen molar-refractivity contribution in [2.45, 2.75) is 20.3 Å². The maximum absolute atomic E-state index is 2.43. The van der Waals surface area contributed by atoms with E-state index < -0.39 is 0 Å². The van der Waals surface area contributed by atoms with Gasteiger partial charge in [-0.25, -0.2) is 0 Å². The molecule has 2 heteroatoms. The number of hydrogen-bond donors (Lipinski definition) is 0. The summed E-state index contributed by atoms with van der Waals surface area (Å²) in [7, 11) is 4.43. The molecule has 0 atom stereocenters. The zero-order valence-electron chi connectivity index (χ0n) is 8.93. The molecular formula is C10H22N2. The van der Waals surface area contributed by atoms with Crippen molar-refractivity contribution in [3.63, 3.8) is 0 Å². The van der Waals surface area contributed by atoms with Crippen LogP contribution in [-0.2, 0) is 0 Å². The highest BCUT2D eigenvalue weighted by Crippen LogP contribution is 2.33. The second-order valence-corrected chi connectivity index (χ2v) is 4.36. The highest BCUT2D eigenvalue weighted by molar-refractivity contribution is 4.94. The van der Waals surface area contributed by atoms with Gasteiger partial charge < -0.3 is 9.80 Å². The number of hydrogen-bond acceptors (Lipinski definition) is 2. The number of nitrogens with zero attached hydrogens (tertiary/aromatic N) is 2. The first-order valence-electron chi connectivity index (χ1n) is 4.99. The summed E-state index contributed by atoms with van der Waals surface area (Å²) in [6, 6.07) is 0. The minimum Gasteiger partial charge on any atom is -0.306 e. The summed E-state index contributed by atoms with van der Waals surface area (Å²) in [4.78, 5) is 4.84. The van der Waals surface area contributed by atoms with Gasteiger partial charge in [-0.15, -0.1) is 0 Å². The van der Waals surface area contributed by atoms with Crippen LogP contribution in [0, 0.1) is 5.41 Å². The molecule has 1 aliphatic rings. The van der Waals surface area contributed by atoms with Crippen molar-refractivity contribution >= 4 is 0 Å². The second kappa shape index (κ2) is 3.75. The standard InChI is InChI=1S/C10H22N2/c1-5-10(7-11(3)6-2)8-12(4)9-10/h5-9H2,1-4H3. The molecule has 1 saturated heterocycles. The van der Waals surface area contributed by atoms with Crippen LogP contribution in [0.2, 0.25) is 0 Å². The first-order valence-corrected chi connectivity index (χ1v) is 4.99. The summed E-state index contributed by atoms with van der Waals surface area (Å²) in [6.07, 6.45) is 1.32. The van der Waals surface area contributed by atoms with Crippen molar-refractivity contribution in [2.75, 3.05) is 40.3 Å². The molecule has 0 aromatic carbocycles. The molecule has 0 aromatic heterocycles. The van der Waals surface area contributed by atoms with E-state index in [1.807, 2.05) is 0 Å².